The molecule has 3 aromatic rings. The number of nitrogens with two attached hydrogens (primary N) is 1. The van der Waals surface area contributed by atoms with Gasteiger partial charge in [0.05, 0.1) is 39.4 Å². The van der Waals surface area contributed by atoms with E-state index in [2.05, 4.69) is 4.98 Å². The van der Waals surface area contributed by atoms with Crippen molar-refractivity contribution in [3.63, 3.8) is 0 Å². The van der Waals surface area contributed by atoms with E-state index in [-0.39, 0.29) is 28.3 Å². The highest BCUT2D eigenvalue weighted by Crippen LogP contribution is 2.46. The molecular weight excluding hydrogens is 438 g/mol. The van der Waals surface area contributed by atoms with E-state index in [9.17, 15) is 9.59 Å². The van der Waals surface area contributed by atoms with Crippen LogP contribution in [-0.2, 0) is 16.1 Å². The highest BCUT2D eigenvalue weighted by molar-refractivity contribution is 5.93. The van der Waals surface area contributed by atoms with Gasteiger partial charge in [0, 0.05) is 29.7 Å². The lowest BCUT2D eigenvalue weighted by Gasteiger charge is -2.30. The van der Waals surface area contributed by atoms with Crippen LogP contribution in [0.25, 0.3) is 0 Å². The number of carbonyl (C=O) groups is 1. The number of carbonyl (C=O) groups excluding carboxylic acids is 1. The standard InChI is InChI=1S/C25H25N3O6/c1-14-11-18-20(24(29)28(14)13-15-7-6-10-27-12-15)19(21(23(26)34-18)25(30)33-4)16-8-5-9-17(31-2)22(16)32-3/h5-12,19H,13,26H2,1-4H3/t19-/m0/s1. The Balaban J connectivity index is 2.01. The molecule has 0 spiro atoms. The van der Waals surface area contributed by atoms with Gasteiger partial charge < -0.3 is 29.2 Å². The Morgan fingerprint density at radius 3 is 2.62 bits per heavy atom. The summed E-state index contributed by atoms with van der Waals surface area (Å²) < 4.78 is 23.5. The van der Waals surface area contributed by atoms with Crippen LogP contribution in [0.4, 0.5) is 0 Å². The van der Waals surface area contributed by atoms with Crippen LogP contribution < -0.4 is 25.5 Å². The number of nitrogens with zero attached hydrogens (tertiary/aromatic N) is 2. The molecule has 9 nitrogen and oxygen atoms in total. The summed E-state index contributed by atoms with van der Waals surface area (Å²) in [6.07, 6.45) is 3.36. The average molecular weight is 463 g/mol. The van der Waals surface area contributed by atoms with Crippen molar-refractivity contribution in [3.8, 4) is 17.2 Å². The largest absolute Gasteiger partial charge is 0.493 e. The molecule has 2 N–H and O–H groups in total. The fourth-order valence-corrected chi connectivity index (χ4v) is 4.22. The van der Waals surface area contributed by atoms with E-state index in [1.165, 1.54) is 21.3 Å². The Labute approximate surface area is 196 Å². The number of hydrogen-bond donors (Lipinski definition) is 1. The maximum Gasteiger partial charge on any atom is 0.340 e. The lowest BCUT2D eigenvalue weighted by atomic mass is 9.82. The topological polar surface area (TPSA) is 115 Å². The van der Waals surface area contributed by atoms with Crippen molar-refractivity contribution in [1.29, 1.82) is 0 Å². The Hall–Kier alpha value is -4.27. The van der Waals surface area contributed by atoms with Crippen molar-refractivity contribution >= 4 is 5.97 Å². The van der Waals surface area contributed by atoms with E-state index >= 15 is 0 Å². The molecule has 1 atom stereocenters. The molecule has 0 unspecified atom stereocenters. The second-order valence-corrected chi connectivity index (χ2v) is 7.70. The normalized spacial score (nSPS) is 14.8. The van der Waals surface area contributed by atoms with Gasteiger partial charge >= 0.3 is 5.97 Å². The molecule has 0 saturated heterocycles. The van der Waals surface area contributed by atoms with Gasteiger partial charge in [-0.15, -0.1) is 0 Å². The first-order valence-electron chi connectivity index (χ1n) is 10.5. The van der Waals surface area contributed by atoms with Crippen molar-refractivity contribution in [3.05, 3.63) is 93.0 Å². The molecular formula is C25H25N3O6. The van der Waals surface area contributed by atoms with Crippen LogP contribution in [0.5, 0.6) is 17.2 Å². The van der Waals surface area contributed by atoms with Crippen molar-refractivity contribution < 1.29 is 23.7 Å². The number of aryl methyl sites for hydroxylation is 1. The number of methoxy groups -OCH3 is 3. The van der Waals surface area contributed by atoms with Crippen LogP contribution in [0.2, 0.25) is 0 Å². The van der Waals surface area contributed by atoms with Gasteiger partial charge in [0.1, 0.15) is 11.3 Å². The van der Waals surface area contributed by atoms with Gasteiger partial charge in [-0.25, -0.2) is 4.79 Å². The van der Waals surface area contributed by atoms with Gasteiger partial charge in [0.25, 0.3) is 5.56 Å². The molecule has 0 amide bonds. The third-order valence-corrected chi connectivity index (χ3v) is 5.78. The number of para-hydroxylation sites is 1. The monoisotopic (exact) mass is 463 g/mol. The Morgan fingerprint density at radius 2 is 1.97 bits per heavy atom. The zero-order valence-electron chi connectivity index (χ0n) is 19.3. The lowest BCUT2D eigenvalue weighted by Crippen LogP contribution is -2.35. The van der Waals surface area contributed by atoms with Crippen molar-refractivity contribution in [2.45, 2.75) is 19.4 Å². The number of pyridine rings is 2. The average Bonchev–Trinajstić information content (AvgIpc) is 2.85. The second kappa shape index (κ2) is 9.30. The van der Waals surface area contributed by atoms with Crippen LogP contribution >= 0.6 is 0 Å². The summed E-state index contributed by atoms with van der Waals surface area (Å²) in [7, 11) is 4.24. The summed E-state index contributed by atoms with van der Waals surface area (Å²) in [6, 6.07) is 10.6. The minimum atomic E-state index is -0.908. The molecule has 0 aliphatic carbocycles. The minimum Gasteiger partial charge on any atom is -0.493 e. The fourth-order valence-electron chi connectivity index (χ4n) is 4.22. The van der Waals surface area contributed by atoms with Crippen LogP contribution in [-0.4, -0.2) is 36.8 Å². The molecule has 3 heterocycles. The molecule has 1 aliphatic rings. The van der Waals surface area contributed by atoms with E-state index in [4.69, 9.17) is 24.7 Å². The Bertz CT molecular complexity index is 1330. The molecule has 0 radical (unpaired) electrons. The number of benzene rings is 1. The highest BCUT2D eigenvalue weighted by Gasteiger charge is 2.40. The maximum atomic E-state index is 13.9. The zero-order valence-corrected chi connectivity index (χ0v) is 19.3. The molecule has 9 heteroatoms. The van der Waals surface area contributed by atoms with Gasteiger partial charge in [-0.3, -0.25) is 9.78 Å². The summed E-state index contributed by atoms with van der Waals surface area (Å²) in [5.41, 5.74) is 8.15. The molecule has 176 valence electrons. The molecule has 1 aliphatic heterocycles. The molecule has 0 bridgehead atoms. The Morgan fingerprint density at radius 1 is 1.18 bits per heavy atom. The van der Waals surface area contributed by atoms with Gasteiger partial charge in [0.15, 0.2) is 11.5 Å². The van der Waals surface area contributed by atoms with E-state index in [0.717, 1.165) is 5.56 Å². The van der Waals surface area contributed by atoms with Gasteiger partial charge in [-0.2, -0.15) is 0 Å². The quantitative estimate of drug-likeness (QED) is 0.555. The molecule has 2 aromatic heterocycles. The van der Waals surface area contributed by atoms with Gasteiger partial charge in [0.2, 0.25) is 5.88 Å². The first kappa shape index (κ1) is 22.9. The predicted octanol–water partition coefficient (Wildman–Crippen LogP) is 2.48. The van der Waals surface area contributed by atoms with Gasteiger partial charge in [-0.05, 0) is 24.6 Å². The number of esters is 1. The predicted molar refractivity (Wildman–Crippen MR) is 124 cm³/mol. The third-order valence-electron chi connectivity index (χ3n) is 5.78. The first-order chi connectivity index (χ1) is 16.4. The summed E-state index contributed by atoms with van der Waals surface area (Å²) >= 11 is 0. The molecule has 0 saturated carbocycles. The van der Waals surface area contributed by atoms with Crippen molar-refractivity contribution in [1.82, 2.24) is 9.55 Å². The third kappa shape index (κ3) is 3.85. The zero-order chi connectivity index (χ0) is 24.4. The highest BCUT2D eigenvalue weighted by atomic mass is 16.5. The first-order valence-corrected chi connectivity index (χ1v) is 10.5. The maximum absolute atomic E-state index is 13.9. The summed E-state index contributed by atoms with van der Waals surface area (Å²) in [4.78, 5) is 30.9. The van der Waals surface area contributed by atoms with Gasteiger partial charge in [-0.1, -0.05) is 18.2 Å². The number of hydrogen-bond acceptors (Lipinski definition) is 8. The van der Waals surface area contributed by atoms with Crippen LogP contribution in [0.15, 0.2) is 65.0 Å². The minimum absolute atomic E-state index is 0.00966. The van der Waals surface area contributed by atoms with Crippen molar-refractivity contribution in [2.24, 2.45) is 5.73 Å². The molecule has 34 heavy (non-hydrogen) atoms. The summed E-state index contributed by atoms with van der Waals surface area (Å²) in [5.74, 6) is -0.677. The van der Waals surface area contributed by atoms with E-state index < -0.39 is 11.9 Å². The molecule has 1 aromatic carbocycles. The lowest BCUT2D eigenvalue weighted by molar-refractivity contribution is -0.136. The smallest absolute Gasteiger partial charge is 0.340 e. The van der Waals surface area contributed by atoms with E-state index in [0.29, 0.717) is 29.3 Å². The fraction of sp³-hybridized carbons (Fsp3) is 0.240. The van der Waals surface area contributed by atoms with Crippen LogP contribution in [0.3, 0.4) is 0 Å². The summed E-state index contributed by atoms with van der Waals surface area (Å²) in [6.45, 7) is 2.10. The summed E-state index contributed by atoms with van der Waals surface area (Å²) in [5, 5.41) is 0. The number of ether oxygens (including phenoxy) is 4. The van der Waals surface area contributed by atoms with E-state index in [1.54, 1.807) is 54.2 Å². The number of rotatable bonds is 6. The van der Waals surface area contributed by atoms with Crippen LogP contribution in [0.1, 0.15) is 28.3 Å². The number of fused-ring (bicyclic) bond motifs is 1. The second-order valence-electron chi connectivity index (χ2n) is 7.70. The SMILES string of the molecule is COC(=O)C1=C(N)Oc2cc(C)n(Cc3cccnc3)c(=O)c2[C@@H]1c1cccc(OC)c1OC. The Kier molecular flexibility index (Phi) is 6.27. The molecule has 4 rings (SSSR count). The van der Waals surface area contributed by atoms with Crippen LogP contribution in [0, 0.1) is 6.92 Å². The molecule has 0 fully saturated rings. The van der Waals surface area contributed by atoms with E-state index in [1.807, 2.05) is 6.07 Å². The number of aromatic nitrogens is 2. The van der Waals surface area contributed by atoms with Crippen molar-refractivity contribution in [2.75, 3.05) is 21.3 Å².